The maximum atomic E-state index is 12.8. The van der Waals surface area contributed by atoms with Crippen LogP contribution in [-0.4, -0.2) is 31.0 Å². The molecule has 21 heavy (non-hydrogen) atoms. The molecule has 0 unspecified atom stereocenters. The standard InChI is InChI=1S/C11H10F5NO4/c1-3-20-10(18)5-4-6(19-2)9(21-11(14,15)16)17-7(5)8(12)13/h4,8H,3H2,1-2H3. The molecule has 0 fully saturated rings. The highest BCUT2D eigenvalue weighted by molar-refractivity contribution is 5.91. The summed E-state index contributed by atoms with van der Waals surface area (Å²) >= 11 is 0. The van der Waals surface area contributed by atoms with E-state index in [0.717, 1.165) is 7.11 Å². The number of aromatic nitrogens is 1. The van der Waals surface area contributed by atoms with Crippen LogP contribution in [0, 0.1) is 0 Å². The van der Waals surface area contributed by atoms with Crippen LogP contribution in [0.4, 0.5) is 22.0 Å². The third kappa shape index (κ3) is 4.43. The number of rotatable bonds is 5. The van der Waals surface area contributed by atoms with Gasteiger partial charge in [0.05, 0.1) is 19.3 Å². The van der Waals surface area contributed by atoms with Crippen molar-refractivity contribution in [1.29, 1.82) is 0 Å². The van der Waals surface area contributed by atoms with Crippen LogP contribution in [0.25, 0.3) is 0 Å². The highest BCUT2D eigenvalue weighted by atomic mass is 19.4. The molecule has 0 saturated carbocycles. The van der Waals surface area contributed by atoms with E-state index in [9.17, 15) is 26.7 Å². The first-order valence-corrected chi connectivity index (χ1v) is 5.49. The van der Waals surface area contributed by atoms with Gasteiger partial charge in [-0.05, 0) is 6.92 Å². The SMILES string of the molecule is CCOC(=O)c1cc(OC)c(OC(F)(F)F)nc1C(F)F. The highest BCUT2D eigenvalue weighted by Gasteiger charge is 2.35. The molecule has 1 heterocycles. The first-order valence-electron chi connectivity index (χ1n) is 5.49. The van der Waals surface area contributed by atoms with Gasteiger partial charge in [0.2, 0.25) is 0 Å². The molecule has 0 aromatic carbocycles. The second-order valence-electron chi connectivity index (χ2n) is 3.50. The van der Waals surface area contributed by atoms with Crippen molar-refractivity contribution in [3.05, 3.63) is 17.3 Å². The van der Waals surface area contributed by atoms with Gasteiger partial charge in [0.1, 0.15) is 5.69 Å². The zero-order valence-electron chi connectivity index (χ0n) is 10.8. The third-order valence-electron chi connectivity index (χ3n) is 2.12. The van der Waals surface area contributed by atoms with Crippen LogP contribution in [0.1, 0.15) is 29.4 Å². The maximum absolute atomic E-state index is 12.8. The lowest BCUT2D eigenvalue weighted by atomic mass is 10.2. The lowest BCUT2D eigenvalue weighted by molar-refractivity contribution is -0.276. The van der Waals surface area contributed by atoms with Crippen molar-refractivity contribution >= 4 is 5.97 Å². The number of ether oxygens (including phenoxy) is 3. The smallest absolute Gasteiger partial charge is 0.491 e. The van der Waals surface area contributed by atoms with E-state index >= 15 is 0 Å². The summed E-state index contributed by atoms with van der Waals surface area (Å²) in [7, 11) is 0.969. The molecular formula is C11H10F5NO4. The van der Waals surface area contributed by atoms with Crippen LogP contribution >= 0.6 is 0 Å². The largest absolute Gasteiger partial charge is 0.574 e. The summed E-state index contributed by atoms with van der Waals surface area (Å²) in [6.07, 6.45) is -8.45. The predicted octanol–water partition coefficient (Wildman–Crippen LogP) is 3.10. The van der Waals surface area contributed by atoms with E-state index in [4.69, 9.17) is 0 Å². The Bertz CT molecular complexity index is 518. The van der Waals surface area contributed by atoms with Crippen molar-refractivity contribution in [2.45, 2.75) is 19.7 Å². The highest BCUT2D eigenvalue weighted by Crippen LogP contribution is 2.35. The Labute approximate surface area is 115 Å². The van der Waals surface area contributed by atoms with Crippen molar-refractivity contribution in [1.82, 2.24) is 4.98 Å². The Hall–Kier alpha value is -2.13. The van der Waals surface area contributed by atoms with E-state index in [1.807, 2.05) is 0 Å². The number of esters is 1. The molecule has 1 rings (SSSR count). The van der Waals surface area contributed by atoms with Crippen molar-refractivity contribution in [3.8, 4) is 11.6 Å². The Morgan fingerprint density at radius 2 is 2.00 bits per heavy atom. The van der Waals surface area contributed by atoms with Crippen LogP contribution < -0.4 is 9.47 Å². The minimum atomic E-state index is -5.15. The fraction of sp³-hybridized carbons (Fsp3) is 0.455. The van der Waals surface area contributed by atoms with Gasteiger partial charge in [-0.3, -0.25) is 0 Å². The normalized spacial score (nSPS) is 11.4. The van der Waals surface area contributed by atoms with Gasteiger partial charge >= 0.3 is 12.3 Å². The number of carbonyl (C=O) groups excluding carboxylic acids is 1. The first kappa shape index (κ1) is 16.9. The molecule has 118 valence electrons. The van der Waals surface area contributed by atoms with Gasteiger partial charge < -0.3 is 14.2 Å². The molecule has 0 aliphatic heterocycles. The molecule has 10 heteroatoms. The molecule has 5 nitrogen and oxygen atoms in total. The minimum Gasteiger partial charge on any atom is -0.491 e. The third-order valence-corrected chi connectivity index (χ3v) is 2.12. The van der Waals surface area contributed by atoms with Crippen molar-refractivity contribution in [3.63, 3.8) is 0 Å². The Kier molecular flexibility index (Phi) is 5.28. The molecule has 0 amide bonds. The van der Waals surface area contributed by atoms with E-state index in [1.54, 1.807) is 0 Å². The first-order chi connectivity index (χ1) is 9.69. The average molecular weight is 315 g/mol. The van der Waals surface area contributed by atoms with Crippen molar-refractivity contribution < 1.29 is 41.0 Å². The number of hydrogen-bond donors (Lipinski definition) is 0. The van der Waals surface area contributed by atoms with Crippen LogP contribution in [0.2, 0.25) is 0 Å². The second kappa shape index (κ2) is 6.55. The van der Waals surface area contributed by atoms with E-state index in [-0.39, 0.29) is 6.61 Å². The lowest BCUT2D eigenvalue weighted by Gasteiger charge is -2.15. The summed E-state index contributed by atoms with van der Waals surface area (Å²) in [5, 5.41) is 0. The van der Waals surface area contributed by atoms with Crippen LogP contribution in [0.3, 0.4) is 0 Å². The summed E-state index contributed by atoms with van der Waals surface area (Å²) in [6, 6.07) is 0.660. The molecule has 0 spiro atoms. The quantitative estimate of drug-likeness (QED) is 0.617. The van der Waals surface area contributed by atoms with Gasteiger partial charge in [0.25, 0.3) is 12.3 Å². The second-order valence-corrected chi connectivity index (χ2v) is 3.50. The summed E-state index contributed by atoms with van der Waals surface area (Å²) in [6.45, 7) is 1.33. The molecule has 1 aromatic heterocycles. The monoisotopic (exact) mass is 315 g/mol. The van der Waals surface area contributed by atoms with E-state index in [0.29, 0.717) is 6.07 Å². The van der Waals surface area contributed by atoms with Crippen molar-refractivity contribution in [2.75, 3.05) is 13.7 Å². The lowest BCUT2D eigenvalue weighted by Crippen LogP contribution is -2.20. The summed E-state index contributed by atoms with van der Waals surface area (Å²) in [4.78, 5) is 14.5. The Morgan fingerprint density at radius 1 is 1.38 bits per heavy atom. The maximum Gasteiger partial charge on any atom is 0.574 e. The van der Waals surface area contributed by atoms with E-state index in [1.165, 1.54) is 6.92 Å². The van der Waals surface area contributed by atoms with Crippen LogP contribution in [-0.2, 0) is 4.74 Å². The van der Waals surface area contributed by atoms with Gasteiger partial charge in [0.15, 0.2) is 5.75 Å². The minimum absolute atomic E-state index is 0.107. The van der Waals surface area contributed by atoms with E-state index < -0.39 is 41.6 Å². The summed E-state index contributed by atoms with van der Waals surface area (Å²) in [5.41, 5.74) is -1.88. The van der Waals surface area contributed by atoms with Crippen LogP contribution in [0.5, 0.6) is 11.6 Å². The van der Waals surface area contributed by atoms with Gasteiger partial charge in [-0.15, -0.1) is 13.2 Å². The molecule has 0 N–H and O–H groups in total. The molecule has 0 saturated heterocycles. The molecule has 1 aromatic rings. The predicted molar refractivity (Wildman–Crippen MR) is 58.4 cm³/mol. The summed E-state index contributed by atoms with van der Waals surface area (Å²) in [5.74, 6) is -3.00. The number of carbonyl (C=O) groups is 1. The number of nitrogens with zero attached hydrogens (tertiary/aromatic N) is 1. The average Bonchev–Trinajstić information content (AvgIpc) is 2.36. The Morgan fingerprint density at radius 3 is 2.43 bits per heavy atom. The number of hydrogen-bond acceptors (Lipinski definition) is 5. The fourth-order valence-corrected chi connectivity index (χ4v) is 1.36. The molecule has 0 atom stereocenters. The number of halogens is 5. The van der Waals surface area contributed by atoms with Gasteiger partial charge in [0, 0.05) is 6.07 Å². The fourth-order valence-electron chi connectivity index (χ4n) is 1.36. The molecule has 0 bridgehead atoms. The molecule has 0 aliphatic carbocycles. The van der Waals surface area contributed by atoms with Gasteiger partial charge in [-0.2, -0.15) is 0 Å². The van der Waals surface area contributed by atoms with Crippen molar-refractivity contribution in [2.24, 2.45) is 0 Å². The number of pyridine rings is 1. The van der Waals surface area contributed by atoms with Crippen LogP contribution in [0.15, 0.2) is 6.07 Å². The molecule has 0 radical (unpaired) electrons. The Balaban J connectivity index is 3.37. The zero-order chi connectivity index (χ0) is 16.2. The molecular weight excluding hydrogens is 305 g/mol. The van der Waals surface area contributed by atoms with Gasteiger partial charge in [-0.1, -0.05) is 0 Å². The number of alkyl halides is 5. The summed E-state index contributed by atoms with van der Waals surface area (Å²) < 4.78 is 74.7. The molecule has 0 aliphatic rings. The van der Waals surface area contributed by atoms with E-state index in [2.05, 4.69) is 19.2 Å². The topological polar surface area (TPSA) is 57.7 Å². The number of methoxy groups -OCH3 is 1. The zero-order valence-corrected chi connectivity index (χ0v) is 10.8. The van der Waals surface area contributed by atoms with Gasteiger partial charge in [-0.25, -0.2) is 18.6 Å².